The molecule has 1 heterocycles. The maximum absolute atomic E-state index is 5.71. The number of ether oxygens (including phenoxy) is 3. The van der Waals surface area contributed by atoms with Gasteiger partial charge in [-0.2, -0.15) is 0 Å². The second-order valence-electron chi connectivity index (χ2n) is 5.76. The van der Waals surface area contributed by atoms with Crippen molar-refractivity contribution in [2.24, 2.45) is 0 Å². The Morgan fingerprint density at radius 2 is 1.90 bits per heavy atom. The first-order valence-corrected chi connectivity index (χ1v) is 7.95. The normalized spacial score (nSPS) is 13.1. The molecule has 0 radical (unpaired) electrons. The van der Waals surface area contributed by atoms with Crippen molar-refractivity contribution < 1.29 is 14.2 Å². The molecule has 0 aliphatic carbocycles. The van der Waals surface area contributed by atoms with E-state index in [1.54, 1.807) is 0 Å². The van der Waals surface area contributed by atoms with Gasteiger partial charge in [0.25, 0.3) is 0 Å². The van der Waals surface area contributed by atoms with Gasteiger partial charge >= 0.3 is 0 Å². The van der Waals surface area contributed by atoms with Crippen LogP contribution in [0.5, 0.6) is 11.5 Å². The van der Waals surface area contributed by atoms with Gasteiger partial charge in [0.05, 0.1) is 6.61 Å². The van der Waals surface area contributed by atoms with Gasteiger partial charge in [0.1, 0.15) is 0 Å². The molecule has 1 aromatic rings. The third kappa shape index (κ3) is 5.94. The van der Waals surface area contributed by atoms with E-state index in [4.69, 9.17) is 14.2 Å². The molecule has 1 aromatic carbocycles. The van der Waals surface area contributed by atoms with Crippen molar-refractivity contribution in [1.82, 2.24) is 5.32 Å². The number of unbranched alkanes of at least 4 members (excludes halogenated alkanes) is 3. The highest BCUT2D eigenvalue weighted by atomic mass is 16.7. The van der Waals surface area contributed by atoms with E-state index < -0.39 is 0 Å². The van der Waals surface area contributed by atoms with E-state index >= 15 is 0 Å². The van der Waals surface area contributed by atoms with Gasteiger partial charge < -0.3 is 19.5 Å². The topological polar surface area (TPSA) is 39.7 Å². The minimum absolute atomic E-state index is 0.325. The summed E-state index contributed by atoms with van der Waals surface area (Å²) in [7, 11) is 0. The molecule has 118 valence electrons. The number of fused-ring (bicyclic) bond motifs is 1. The monoisotopic (exact) mass is 293 g/mol. The molecule has 0 aromatic heterocycles. The van der Waals surface area contributed by atoms with Crippen LogP contribution in [0.1, 0.15) is 45.1 Å². The Morgan fingerprint density at radius 3 is 2.76 bits per heavy atom. The Bertz CT molecular complexity index is 420. The van der Waals surface area contributed by atoms with Gasteiger partial charge in [-0.25, -0.2) is 0 Å². The lowest BCUT2D eigenvalue weighted by atomic mass is 10.2. The van der Waals surface area contributed by atoms with Crippen LogP contribution in [0.4, 0.5) is 0 Å². The van der Waals surface area contributed by atoms with Crippen LogP contribution in [-0.4, -0.2) is 26.0 Å². The molecule has 1 aliphatic heterocycles. The molecule has 2 rings (SSSR count). The number of benzene rings is 1. The molecule has 0 atom stereocenters. The average molecular weight is 293 g/mol. The lowest BCUT2D eigenvalue weighted by Crippen LogP contribution is -2.23. The second-order valence-corrected chi connectivity index (χ2v) is 5.76. The van der Waals surface area contributed by atoms with E-state index in [1.165, 1.54) is 19.3 Å². The largest absolute Gasteiger partial charge is 0.454 e. The van der Waals surface area contributed by atoms with Crippen LogP contribution in [-0.2, 0) is 11.3 Å². The molecule has 0 fully saturated rings. The summed E-state index contributed by atoms with van der Waals surface area (Å²) in [5.41, 5.74) is 1.14. The summed E-state index contributed by atoms with van der Waals surface area (Å²) in [6.45, 7) is 7.28. The average Bonchev–Trinajstić information content (AvgIpc) is 2.92. The number of rotatable bonds is 10. The third-order valence-electron chi connectivity index (χ3n) is 3.47. The molecule has 0 amide bonds. The molecule has 0 saturated heterocycles. The molecule has 0 spiro atoms. The number of nitrogens with one attached hydrogen (secondary N) is 1. The third-order valence-corrected chi connectivity index (χ3v) is 3.47. The van der Waals surface area contributed by atoms with E-state index in [0.717, 1.165) is 36.6 Å². The minimum Gasteiger partial charge on any atom is -0.454 e. The van der Waals surface area contributed by atoms with Gasteiger partial charge in [-0.15, -0.1) is 0 Å². The predicted octanol–water partition coefficient (Wildman–Crippen LogP) is 3.49. The lowest BCUT2D eigenvalue weighted by molar-refractivity contribution is 0.116. The zero-order valence-corrected chi connectivity index (χ0v) is 13.2. The molecule has 0 saturated carbocycles. The van der Waals surface area contributed by atoms with Crippen molar-refractivity contribution >= 4 is 0 Å². The molecular formula is C17H27NO3. The van der Waals surface area contributed by atoms with Crippen LogP contribution in [0.15, 0.2) is 18.2 Å². The van der Waals surface area contributed by atoms with Crippen LogP contribution in [0.2, 0.25) is 0 Å². The summed E-state index contributed by atoms with van der Waals surface area (Å²) < 4.78 is 16.4. The van der Waals surface area contributed by atoms with Crippen molar-refractivity contribution in [3.05, 3.63) is 23.8 Å². The SMILES string of the molecule is CC(C)NCCCCCCOCc1ccc2c(c1)OCO2. The highest BCUT2D eigenvalue weighted by molar-refractivity contribution is 5.44. The van der Waals surface area contributed by atoms with Crippen LogP contribution in [0.3, 0.4) is 0 Å². The zero-order valence-electron chi connectivity index (χ0n) is 13.2. The first-order chi connectivity index (χ1) is 10.3. The summed E-state index contributed by atoms with van der Waals surface area (Å²) in [4.78, 5) is 0. The van der Waals surface area contributed by atoms with Crippen LogP contribution in [0.25, 0.3) is 0 Å². The van der Waals surface area contributed by atoms with E-state index in [0.29, 0.717) is 19.4 Å². The quantitative estimate of drug-likeness (QED) is 0.670. The maximum atomic E-state index is 5.71. The molecule has 0 unspecified atom stereocenters. The molecule has 4 nitrogen and oxygen atoms in total. The lowest BCUT2D eigenvalue weighted by Gasteiger charge is -2.08. The van der Waals surface area contributed by atoms with Gasteiger partial charge in [0.2, 0.25) is 6.79 Å². The minimum atomic E-state index is 0.325. The van der Waals surface area contributed by atoms with E-state index in [-0.39, 0.29) is 0 Å². The van der Waals surface area contributed by atoms with Crippen LogP contribution >= 0.6 is 0 Å². The molecule has 4 heteroatoms. The van der Waals surface area contributed by atoms with Gasteiger partial charge in [-0.05, 0) is 37.1 Å². The van der Waals surface area contributed by atoms with Crippen LogP contribution < -0.4 is 14.8 Å². The standard InChI is InChI=1S/C17H27NO3/c1-14(2)18-9-5-3-4-6-10-19-12-15-7-8-16-17(11-15)21-13-20-16/h7-8,11,14,18H,3-6,9-10,12-13H2,1-2H3. The highest BCUT2D eigenvalue weighted by Gasteiger charge is 2.12. The first kappa shape index (κ1) is 16.1. The smallest absolute Gasteiger partial charge is 0.231 e. The molecular weight excluding hydrogens is 266 g/mol. The highest BCUT2D eigenvalue weighted by Crippen LogP contribution is 2.32. The summed E-state index contributed by atoms with van der Waals surface area (Å²) >= 11 is 0. The Hall–Kier alpha value is -1.26. The van der Waals surface area contributed by atoms with Crippen molar-refractivity contribution in [3.63, 3.8) is 0 Å². The van der Waals surface area contributed by atoms with E-state index in [9.17, 15) is 0 Å². The van der Waals surface area contributed by atoms with Crippen LogP contribution in [0, 0.1) is 0 Å². The summed E-state index contributed by atoms with van der Waals surface area (Å²) in [5.74, 6) is 1.66. The fourth-order valence-corrected chi connectivity index (χ4v) is 2.29. The summed E-state index contributed by atoms with van der Waals surface area (Å²) in [5, 5.41) is 3.44. The zero-order chi connectivity index (χ0) is 14.9. The fraction of sp³-hybridized carbons (Fsp3) is 0.647. The van der Waals surface area contributed by atoms with Gasteiger partial charge in [-0.3, -0.25) is 0 Å². The summed E-state index contributed by atoms with van der Waals surface area (Å²) in [6, 6.07) is 6.57. The van der Waals surface area contributed by atoms with Gasteiger partial charge in [0.15, 0.2) is 11.5 Å². The fourth-order valence-electron chi connectivity index (χ4n) is 2.29. The van der Waals surface area contributed by atoms with E-state index in [1.807, 2.05) is 18.2 Å². The number of hydrogen-bond donors (Lipinski definition) is 1. The van der Waals surface area contributed by atoms with Crippen molar-refractivity contribution in [2.45, 2.75) is 52.2 Å². The maximum Gasteiger partial charge on any atom is 0.231 e. The number of hydrogen-bond acceptors (Lipinski definition) is 4. The second kappa shape index (κ2) is 8.90. The predicted molar refractivity (Wildman–Crippen MR) is 83.8 cm³/mol. The Balaban J connectivity index is 1.48. The summed E-state index contributed by atoms with van der Waals surface area (Å²) in [6.07, 6.45) is 4.89. The molecule has 0 bridgehead atoms. The van der Waals surface area contributed by atoms with Crippen molar-refractivity contribution in [2.75, 3.05) is 19.9 Å². The Labute approximate surface area is 127 Å². The van der Waals surface area contributed by atoms with Crippen molar-refractivity contribution in [1.29, 1.82) is 0 Å². The van der Waals surface area contributed by atoms with Crippen molar-refractivity contribution in [3.8, 4) is 11.5 Å². The van der Waals surface area contributed by atoms with Gasteiger partial charge in [-0.1, -0.05) is 32.8 Å². The molecule has 1 N–H and O–H groups in total. The first-order valence-electron chi connectivity index (χ1n) is 7.95. The molecule has 1 aliphatic rings. The molecule has 21 heavy (non-hydrogen) atoms. The Morgan fingerprint density at radius 1 is 1.10 bits per heavy atom. The van der Waals surface area contributed by atoms with Gasteiger partial charge in [0, 0.05) is 12.6 Å². The Kier molecular flexibility index (Phi) is 6.83. The van der Waals surface area contributed by atoms with E-state index in [2.05, 4.69) is 19.2 Å².